The number of benzene rings is 2. The molecule has 8 N–H and O–H groups in total. The van der Waals surface area contributed by atoms with E-state index in [1.165, 1.54) is 30.3 Å². The van der Waals surface area contributed by atoms with Gasteiger partial charge in [0, 0.05) is 11.1 Å². The molecule has 2 aromatic carbocycles. The van der Waals surface area contributed by atoms with Gasteiger partial charge < -0.3 is 22.9 Å². The van der Waals surface area contributed by atoms with E-state index in [1.54, 1.807) is 6.07 Å². The molecular formula is C14H14Cl2N4O2. The van der Waals surface area contributed by atoms with Gasteiger partial charge in [-0.25, -0.2) is 0 Å². The van der Waals surface area contributed by atoms with Crippen molar-refractivity contribution < 1.29 is 9.59 Å². The molecule has 0 atom stereocenters. The van der Waals surface area contributed by atoms with Gasteiger partial charge in [-0.3, -0.25) is 9.59 Å². The summed E-state index contributed by atoms with van der Waals surface area (Å²) in [6.07, 6.45) is 0. The van der Waals surface area contributed by atoms with Gasteiger partial charge in [0.15, 0.2) is 0 Å². The minimum atomic E-state index is -0.508. The largest absolute Gasteiger partial charge is 0.398 e. The second-order valence-electron chi connectivity index (χ2n) is 4.20. The zero-order valence-electron chi connectivity index (χ0n) is 11.3. The van der Waals surface area contributed by atoms with Crippen molar-refractivity contribution in [2.75, 3.05) is 11.5 Å². The number of primary amides is 2. The molecule has 8 heteroatoms. The Morgan fingerprint density at radius 2 is 1.23 bits per heavy atom. The van der Waals surface area contributed by atoms with Crippen LogP contribution in [0.15, 0.2) is 36.4 Å². The molecule has 0 saturated heterocycles. The Hall–Kier alpha value is -2.44. The van der Waals surface area contributed by atoms with E-state index in [0.717, 1.165) is 0 Å². The topological polar surface area (TPSA) is 138 Å². The van der Waals surface area contributed by atoms with Crippen LogP contribution in [0.5, 0.6) is 0 Å². The number of carbonyl (C=O) groups is 2. The highest BCUT2D eigenvalue weighted by molar-refractivity contribution is 6.33. The lowest BCUT2D eigenvalue weighted by molar-refractivity contribution is 0.0992. The van der Waals surface area contributed by atoms with Crippen molar-refractivity contribution in [1.29, 1.82) is 0 Å². The second kappa shape index (κ2) is 7.53. The highest BCUT2D eigenvalue weighted by Gasteiger charge is 2.02. The third kappa shape index (κ3) is 4.83. The molecule has 0 unspecified atom stereocenters. The van der Waals surface area contributed by atoms with E-state index in [9.17, 15) is 9.59 Å². The lowest BCUT2D eigenvalue weighted by Gasteiger charge is -1.98. The molecule has 2 aromatic rings. The Morgan fingerprint density at radius 3 is 1.68 bits per heavy atom. The summed E-state index contributed by atoms with van der Waals surface area (Å²) in [6, 6.07) is 9.04. The molecule has 0 aliphatic carbocycles. The lowest BCUT2D eigenvalue weighted by Crippen LogP contribution is -2.10. The predicted molar refractivity (Wildman–Crippen MR) is 88.8 cm³/mol. The smallest absolute Gasteiger partial charge is 0.248 e. The summed E-state index contributed by atoms with van der Waals surface area (Å²) in [5, 5.41) is 0.774. The molecule has 0 fully saturated rings. The normalized spacial score (nSPS) is 9.55. The van der Waals surface area contributed by atoms with Crippen LogP contribution in [0, 0.1) is 0 Å². The third-order valence-corrected chi connectivity index (χ3v) is 3.24. The first-order chi connectivity index (χ1) is 10.2. The molecule has 0 aliphatic heterocycles. The van der Waals surface area contributed by atoms with E-state index in [2.05, 4.69) is 0 Å². The van der Waals surface area contributed by atoms with Gasteiger partial charge in [-0.15, -0.1) is 0 Å². The first-order valence-electron chi connectivity index (χ1n) is 5.92. The van der Waals surface area contributed by atoms with Gasteiger partial charge in [-0.1, -0.05) is 23.2 Å². The maximum Gasteiger partial charge on any atom is 0.248 e. The van der Waals surface area contributed by atoms with E-state index < -0.39 is 11.8 Å². The molecule has 0 heterocycles. The number of halogens is 2. The summed E-state index contributed by atoms with van der Waals surface area (Å²) < 4.78 is 0. The summed E-state index contributed by atoms with van der Waals surface area (Å²) in [5.41, 5.74) is 22.4. The van der Waals surface area contributed by atoms with Gasteiger partial charge in [0.05, 0.1) is 21.4 Å². The summed E-state index contributed by atoms with van der Waals surface area (Å²) in [7, 11) is 0. The molecule has 2 rings (SSSR count). The Balaban J connectivity index is 0.000000220. The summed E-state index contributed by atoms with van der Waals surface area (Å²) in [4.78, 5) is 21.2. The third-order valence-electron chi connectivity index (χ3n) is 2.57. The molecule has 2 amide bonds. The highest BCUT2D eigenvalue weighted by Crippen LogP contribution is 2.19. The van der Waals surface area contributed by atoms with Gasteiger partial charge in [-0.05, 0) is 36.4 Å². The van der Waals surface area contributed by atoms with Crippen LogP contribution >= 0.6 is 23.2 Å². The standard InChI is InChI=1S/2C7H7ClN2O/c8-5-3-4(7(10)11)1-2-6(5)9;8-5-2-1-4(7(10)11)3-6(5)9/h2*1-3H,9H2,(H2,10,11). The summed E-state index contributed by atoms with van der Waals surface area (Å²) in [5.74, 6) is -1.01. The van der Waals surface area contributed by atoms with Crippen molar-refractivity contribution in [1.82, 2.24) is 0 Å². The van der Waals surface area contributed by atoms with Crippen molar-refractivity contribution in [2.45, 2.75) is 0 Å². The fraction of sp³-hybridized carbons (Fsp3) is 0. The molecular weight excluding hydrogens is 327 g/mol. The average Bonchev–Trinajstić information content (AvgIpc) is 2.45. The Labute approximate surface area is 137 Å². The number of anilines is 2. The van der Waals surface area contributed by atoms with Crippen molar-refractivity contribution >= 4 is 46.4 Å². The van der Waals surface area contributed by atoms with E-state index >= 15 is 0 Å². The number of nitrogens with two attached hydrogens (primary N) is 4. The maximum atomic E-state index is 10.6. The minimum Gasteiger partial charge on any atom is -0.398 e. The van der Waals surface area contributed by atoms with E-state index in [0.29, 0.717) is 32.5 Å². The van der Waals surface area contributed by atoms with Crippen LogP contribution in [0.1, 0.15) is 20.7 Å². The van der Waals surface area contributed by atoms with Gasteiger partial charge in [0.1, 0.15) is 0 Å². The fourth-order valence-electron chi connectivity index (χ4n) is 1.38. The molecule has 6 nitrogen and oxygen atoms in total. The molecule has 0 radical (unpaired) electrons. The zero-order valence-corrected chi connectivity index (χ0v) is 12.9. The Bertz CT molecular complexity index is 658. The number of rotatable bonds is 2. The van der Waals surface area contributed by atoms with E-state index in [-0.39, 0.29) is 0 Å². The Morgan fingerprint density at radius 1 is 0.727 bits per heavy atom. The van der Waals surface area contributed by atoms with Crippen LogP contribution in [0.4, 0.5) is 11.4 Å². The molecule has 22 heavy (non-hydrogen) atoms. The van der Waals surface area contributed by atoms with Crippen molar-refractivity contribution in [2.24, 2.45) is 11.5 Å². The highest BCUT2D eigenvalue weighted by atomic mass is 35.5. The van der Waals surface area contributed by atoms with E-state index in [1.807, 2.05) is 0 Å². The number of amides is 2. The van der Waals surface area contributed by atoms with Crippen molar-refractivity contribution in [3.05, 3.63) is 57.6 Å². The monoisotopic (exact) mass is 340 g/mol. The maximum absolute atomic E-state index is 10.6. The molecule has 116 valence electrons. The summed E-state index contributed by atoms with van der Waals surface area (Å²) >= 11 is 11.2. The van der Waals surface area contributed by atoms with E-state index in [4.69, 9.17) is 46.1 Å². The minimum absolute atomic E-state index is 0.348. The lowest BCUT2D eigenvalue weighted by atomic mass is 10.2. The molecule has 0 bridgehead atoms. The predicted octanol–water partition coefficient (Wildman–Crippen LogP) is 2.04. The van der Waals surface area contributed by atoms with Gasteiger partial charge in [-0.2, -0.15) is 0 Å². The van der Waals surface area contributed by atoms with Crippen LogP contribution in [-0.2, 0) is 0 Å². The SMILES string of the molecule is NC(=O)c1ccc(Cl)c(N)c1.NC(=O)c1ccc(N)c(Cl)c1. The quantitative estimate of drug-likeness (QED) is 0.621. The second-order valence-corrected chi connectivity index (χ2v) is 5.02. The molecule has 0 spiro atoms. The average molecular weight is 341 g/mol. The first kappa shape index (κ1) is 17.6. The number of nitrogen functional groups attached to an aromatic ring is 2. The number of hydrogen-bond acceptors (Lipinski definition) is 4. The van der Waals surface area contributed by atoms with Gasteiger partial charge in [0.25, 0.3) is 0 Å². The molecule has 0 aromatic heterocycles. The van der Waals surface area contributed by atoms with Crippen LogP contribution < -0.4 is 22.9 Å². The van der Waals surface area contributed by atoms with Crippen LogP contribution in [0.25, 0.3) is 0 Å². The molecule has 0 saturated carbocycles. The zero-order chi connectivity index (χ0) is 16.9. The summed E-state index contributed by atoms with van der Waals surface area (Å²) in [6.45, 7) is 0. The Kier molecular flexibility index (Phi) is 6.03. The number of carbonyl (C=O) groups excluding carboxylic acids is 2. The van der Waals surface area contributed by atoms with Crippen LogP contribution in [-0.4, -0.2) is 11.8 Å². The number of hydrogen-bond donors (Lipinski definition) is 4. The van der Waals surface area contributed by atoms with Crippen molar-refractivity contribution in [3.63, 3.8) is 0 Å². The van der Waals surface area contributed by atoms with Gasteiger partial charge >= 0.3 is 0 Å². The fourth-order valence-corrected chi connectivity index (χ4v) is 1.68. The van der Waals surface area contributed by atoms with Gasteiger partial charge in [0.2, 0.25) is 11.8 Å². The first-order valence-corrected chi connectivity index (χ1v) is 6.67. The van der Waals surface area contributed by atoms with Crippen LogP contribution in [0.2, 0.25) is 10.0 Å². The van der Waals surface area contributed by atoms with Crippen molar-refractivity contribution in [3.8, 4) is 0 Å². The van der Waals surface area contributed by atoms with Crippen LogP contribution in [0.3, 0.4) is 0 Å². The molecule has 0 aliphatic rings.